The minimum absolute atomic E-state index is 0.0690. The van der Waals surface area contributed by atoms with Crippen LogP contribution in [0.25, 0.3) is 0 Å². The number of nitrogens with zero attached hydrogens (tertiary/aromatic N) is 1. The number of carbonyl (C=O) groups excluding carboxylic acids is 3. The lowest BCUT2D eigenvalue weighted by molar-refractivity contribution is -0.122. The Hall–Kier alpha value is -2.47. The van der Waals surface area contributed by atoms with Crippen LogP contribution in [0.3, 0.4) is 0 Å². The first kappa shape index (κ1) is 17.0. The summed E-state index contributed by atoms with van der Waals surface area (Å²) < 4.78 is 5.51. The molecule has 3 atom stereocenters. The second-order valence-electron chi connectivity index (χ2n) is 7.06. The summed E-state index contributed by atoms with van der Waals surface area (Å²) >= 11 is 0. The minimum atomic E-state index is -0.274. The van der Waals surface area contributed by atoms with Crippen molar-refractivity contribution >= 4 is 23.4 Å². The summed E-state index contributed by atoms with van der Waals surface area (Å²) in [6, 6.07) is 6.72. The number of ether oxygens (including phenoxy) is 1. The van der Waals surface area contributed by atoms with E-state index in [0.717, 1.165) is 19.4 Å². The van der Waals surface area contributed by atoms with E-state index in [1.807, 2.05) is 12.2 Å². The molecule has 0 radical (unpaired) electrons. The van der Waals surface area contributed by atoms with Gasteiger partial charge in [-0.25, -0.2) is 0 Å². The van der Waals surface area contributed by atoms with E-state index in [0.29, 0.717) is 30.6 Å². The maximum absolute atomic E-state index is 12.7. The molecule has 6 nitrogen and oxygen atoms in total. The van der Waals surface area contributed by atoms with Gasteiger partial charge >= 0.3 is 0 Å². The lowest BCUT2D eigenvalue weighted by Gasteiger charge is -2.16. The van der Waals surface area contributed by atoms with Crippen molar-refractivity contribution < 1.29 is 19.1 Å². The molecular weight excluding hydrogens is 332 g/mol. The number of nitrogens with one attached hydrogen (secondary N) is 1. The molecule has 0 bridgehead atoms. The Bertz CT molecular complexity index is 741. The summed E-state index contributed by atoms with van der Waals surface area (Å²) in [4.78, 5) is 39.0. The minimum Gasteiger partial charge on any atom is -0.376 e. The molecule has 2 heterocycles. The SMILES string of the molecule is O=C(NC[C@H]1CCCO1)c1cccc(N2C(=O)[C@H]3CC=CC[C@H]3C2=O)c1. The average molecular weight is 354 g/mol. The molecule has 1 aromatic rings. The molecule has 3 amide bonds. The van der Waals surface area contributed by atoms with Crippen LogP contribution >= 0.6 is 0 Å². The number of imide groups is 1. The molecule has 2 aliphatic heterocycles. The maximum atomic E-state index is 12.7. The van der Waals surface area contributed by atoms with Gasteiger partial charge < -0.3 is 10.1 Å². The fourth-order valence-electron chi connectivity index (χ4n) is 3.95. The average Bonchev–Trinajstić information content (AvgIpc) is 3.27. The lowest BCUT2D eigenvalue weighted by atomic mass is 9.85. The number of hydrogen-bond donors (Lipinski definition) is 1. The van der Waals surface area contributed by atoms with Crippen LogP contribution in [0.2, 0.25) is 0 Å². The first-order chi connectivity index (χ1) is 12.6. The predicted octanol–water partition coefficient (Wildman–Crippen LogP) is 2.05. The zero-order valence-electron chi connectivity index (χ0n) is 14.5. The van der Waals surface area contributed by atoms with E-state index >= 15 is 0 Å². The zero-order chi connectivity index (χ0) is 18.1. The largest absolute Gasteiger partial charge is 0.376 e. The monoisotopic (exact) mass is 354 g/mol. The van der Waals surface area contributed by atoms with E-state index in [2.05, 4.69) is 5.32 Å². The van der Waals surface area contributed by atoms with Crippen molar-refractivity contribution in [2.24, 2.45) is 11.8 Å². The molecule has 0 aromatic heterocycles. The second-order valence-corrected chi connectivity index (χ2v) is 7.06. The smallest absolute Gasteiger partial charge is 0.251 e. The van der Waals surface area contributed by atoms with Crippen LogP contribution in [0.15, 0.2) is 36.4 Å². The molecular formula is C20H22N2O4. The summed E-state index contributed by atoms with van der Waals surface area (Å²) in [5.41, 5.74) is 0.910. The third-order valence-electron chi connectivity index (χ3n) is 5.39. The summed E-state index contributed by atoms with van der Waals surface area (Å²) in [5, 5.41) is 2.87. The van der Waals surface area contributed by atoms with Crippen molar-refractivity contribution in [2.75, 3.05) is 18.1 Å². The van der Waals surface area contributed by atoms with Crippen LogP contribution in [0.4, 0.5) is 5.69 Å². The van der Waals surface area contributed by atoms with E-state index in [1.54, 1.807) is 24.3 Å². The van der Waals surface area contributed by atoms with Crippen molar-refractivity contribution in [3.8, 4) is 0 Å². The van der Waals surface area contributed by atoms with E-state index in [4.69, 9.17) is 4.74 Å². The van der Waals surface area contributed by atoms with Crippen LogP contribution in [-0.2, 0) is 14.3 Å². The molecule has 0 unspecified atom stereocenters. The number of hydrogen-bond acceptors (Lipinski definition) is 4. The number of fused-ring (bicyclic) bond motifs is 1. The summed E-state index contributed by atoms with van der Waals surface area (Å²) in [6.45, 7) is 1.22. The molecule has 4 rings (SSSR count). The fourth-order valence-corrected chi connectivity index (χ4v) is 3.95. The molecule has 1 aliphatic carbocycles. The highest BCUT2D eigenvalue weighted by Gasteiger charge is 2.47. The van der Waals surface area contributed by atoms with Crippen LogP contribution in [0, 0.1) is 11.8 Å². The van der Waals surface area contributed by atoms with Crippen LogP contribution < -0.4 is 10.2 Å². The standard InChI is InChI=1S/C20H22N2O4/c23-18(21-12-15-7-4-10-26-15)13-5-3-6-14(11-13)22-19(24)16-8-1-2-9-17(16)20(22)25/h1-3,5-6,11,15-17H,4,7-10,12H2,(H,21,23)/t15-,16-,17+/m1/s1. The molecule has 136 valence electrons. The van der Waals surface area contributed by atoms with Gasteiger partial charge in [-0.15, -0.1) is 0 Å². The van der Waals surface area contributed by atoms with Gasteiger partial charge in [0.25, 0.3) is 5.91 Å². The molecule has 1 N–H and O–H groups in total. The van der Waals surface area contributed by atoms with Crippen molar-refractivity contribution in [1.82, 2.24) is 5.32 Å². The van der Waals surface area contributed by atoms with Crippen LogP contribution in [0.1, 0.15) is 36.0 Å². The van der Waals surface area contributed by atoms with Crippen molar-refractivity contribution in [1.29, 1.82) is 0 Å². The number of amides is 3. The normalized spacial score (nSPS) is 27.7. The van der Waals surface area contributed by atoms with Crippen molar-refractivity contribution in [3.63, 3.8) is 0 Å². The van der Waals surface area contributed by atoms with Gasteiger partial charge in [0.2, 0.25) is 11.8 Å². The van der Waals surface area contributed by atoms with E-state index in [1.165, 1.54) is 4.90 Å². The molecule has 1 aromatic carbocycles. The Morgan fingerprint density at radius 2 is 1.88 bits per heavy atom. The second kappa shape index (κ2) is 7.03. The molecule has 0 saturated carbocycles. The number of anilines is 1. The molecule has 3 aliphatic rings. The number of allylic oxidation sites excluding steroid dienone is 2. The third kappa shape index (κ3) is 3.05. The van der Waals surface area contributed by atoms with Gasteiger partial charge in [-0.2, -0.15) is 0 Å². The van der Waals surface area contributed by atoms with E-state index < -0.39 is 0 Å². The topological polar surface area (TPSA) is 75.7 Å². The maximum Gasteiger partial charge on any atom is 0.251 e. The fraction of sp³-hybridized carbons (Fsp3) is 0.450. The van der Waals surface area contributed by atoms with Crippen LogP contribution in [0.5, 0.6) is 0 Å². The van der Waals surface area contributed by atoms with Crippen LogP contribution in [-0.4, -0.2) is 37.0 Å². The zero-order valence-corrected chi connectivity index (χ0v) is 14.5. The summed E-state index contributed by atoms with van der Waals surface area (Å²) in [5.74, 6) is -1.10. The molecule has 6 heteroatoms. The van der Waals surface area contributed by atoms with Crippen molar-refractivity contribution in [3.05, 3.63) is 42.0 Å². The number of carbonyl (C=O) groups is 3. The summed E-state index contributed by atoms with van der Waals surface area (Å²) in [6.07, 6.45) is 7.18. The molecule has 2 saturated heterocycles. The lowest BCUT2D eigenvalue weighted by Crippen LogP contribution is -2.33. The summed E-state index contributed by atoms with van der Waals surface area (Å²) in [7, 11) is 0. The van der Waals surface area contributed by atoms with Gasteiger partial charge in [0, 0.05) is 18.7 Å². The van der Waals surface area contributed by atoms with Crippen molar-refractivity contribution in [2.45, 2.75) is 31.8 Å². The first-order valence-electron chi connectivity index (χ1n) is 9.18. The Morgan fingerprint density at radius 3 is 2.54 bits per heavy atom. The van der Waals surface area contributed by atoms with E-state index in [9.17, 15) is 14.4 Å². The Labute approximate surface area is 152 Å². The predicted molar refractivity (Wildman–Crippen MR) is 95.6 cm³/mol. The molecule has 2 fully saturated rings. The van der Waals surface area contributed by atoms with Gasteiger partial charge in [0.15, 0.2) is 0 Å². The Morgan fingerprint density at radius 1 is 1.15 bits per heavy atom. The van der Waals surface area contributed by atoms with Gasteiger partial charge in [-0.05, 0) is 43.9 Å². The molecule has 0 spiro atoms. The van der Waals surface area contributed by atoms with Gasteiger partial charge in [-0.3, -0.25) is 19.3 Å². The highest BCUT2D eigenvalue weighted by Crippen LogP contribution is 2.37. The van der Waals surface area contributed by atoms with Gasteiger partial charge in [0.1, 0.15) is 0 Å². The Kier molecular flexibility index (Phi) is 4.59. The third-order valence-corrected chi connectivity index (χ3v) is 5.39. The Balaban J connectivity index is 1.49. The highest BCUT2D eigenvalue weighted by atomic mass is 16.5. The highest BCUT2D eigenvalue weighted by molar-refractivity contribution is 6.22. The van der Waals surface area contributed by atoms with Gasteiger partial charge in [0.05, 0.1) is 23.6 Å². The van der Waals surface area contributed by atoms with E-state index in [-0.39, 0.29) is 35.7 Å². The molecule has 26 heavy (non-hydrogen) atoms. The number of benzene rings is 1. The van der Waals surface area contributed by atoms with Gasteiger partial charge in [-0.1, -0.05) is 18.2 Å². The quantitative estimate of drug-likeness (QED) is 0.663. The number of rotatable bonds is 4. The first-order valence-corrected chi connectivity index (χ1v) is 9.18.